The zero-order valence-corrected chi connectivity index (χ0v) is 10.8. The van der Waals surface area contributed by atoms with Crippen molar-refractivity contribution in [1.82, 2.24) is 9.97 Å². The van der Waals surface area contributed by atoms with E-state index in [0.29, 0.717) is 0 Å². The number of sulfonamides is 1. The second kappa shape index (κ2) is 5.23. The second-order valence-electron chi connectivity index (χ2n) is 3.79. The van der Waals surface area contributed by atoms with E-state index in [4.69, 9.17) is 5.14 Å². The maximum absolute atomic E-state index is 11.9. The van der Waals surface area contributed by atoms with Crippen molar-refractivity contribution in [2.45, 2.75) is 4.90 Å². The molecule has 4 N–H and O–H groups in total. The molecule has 2 rings (SSSR count). The first kappa shape index (κ1) is 13.9. The summed E-state index contributed by atoms with van der Waals surface area (Å²) >= 11 is 0. The summed E-state index contributed by atoms with van der Waals surface area (Å²) in [6.45, 7) is 0. The topological polar surface area (TPSA) is 135 Å². The molecule has 1 aromatic carbocycles. The van der Waals surface area contributed by atoms with Gasteiger partial charge in [-0.15, -0.1) is 0 Å². The minimum absolute atomic E-state index is 0.0352. The number of carbonyl (C=O) groups is 1. The molecule has 0 aliphatic rings. The number of carbonyl (C=O) groups excluding carboxylic acids is 1. The maximum atomic E-state index is 11.9. The quantitative estimate of drug-likeness (QED) is 0.712. The Hall–Kier alpha value is -2.52. The van der Waals surface area contributed by atoms with E-state index in [0.717, 1.165) is 12.4 Å². The van der Waals surface area contributed by atoms with Crippen LogP contribution in [0.25, 0.3) is 0 Å². The molecule has 0 saturated carbocycles. The molecule has 0 unspecified atom stereocenters. The molecule has 20 heavy (non-hydrogen) atoms. The van der Waals surface area contributed by atoms with Gasteiger partial charge in [0.1, 0.15) is 10.6 Å². The van der Waals surface area contributed by atoms with E-state index in [2.05, 4.69) is 15.3 Å². The van der Waals surface area contributed by atoms with Crippen LogP contribution in [-0.2, 0) is 10.0 Å². The number of anilines is 1. The van der Waals surface area contributed by atoms with Crippen molar-refractivity contribution < 1.29 is 13.2 Å². The Bertz CT molecular complexity index is 793. The second-order valence-corrected chi connectivity index (χ2v) is 5.32. The fourth-order valence-corrected chi connectivity index (χ4v) is 2.16. The molecule has 0 atom stereocenters. The largest absolute Gasteiger partial charge is 0.325 e. The van der Waals surface area contributed by atoms with E-state index in [1.165, 1.54) is 18.2 Å². The lowest BCUT2D eigenvalue weighted by molar-refractivity contribution is 0.102. The van der Waals surface area contributed by atoms with Gasteiger partial charge in [-0.05, 0) is 12.1 Å². The molecular weight excluding hydrogens is 284 g/mol. The summed E-state index contributed by atoms with van der Waals surface area (Å²) in [6, 6.07) is 5.69. The van der Waals surface area contributed by atoms with Gasteiger partial charge in [-0.2, -0.15) is 0 Å². The monoisotopic (exact) mass is 294 g/mol. The fraction of sp³-hybridized carbons (Fsp3) is 0. The van der Waals surface area contributed by atoms with Gasteiger partial charge in [0.05, 0.1) is 11.9 Å². The van der Waals surface area contributed by atoms with Gasteiger partial charge in [0.2, 0.25) is 10.0 Å². The van der Waals surface area contributed by atoms with Crippen LogP contribution < -0.4 is 16.0 Å². The van der Waals surface area contributed by atoms with Gasteiger partial charge in [0.25, 0.3) is 11.5 Å². The maximum Gasteiger partial charge on any atom is 0.275 e. The van der Waals surface area contributed by atoms with Gasteiger partial charge in [-0.3, -0.25) is 9.59 Å². The Morgan fingerprint density at radius 3 is 2.60 bits per heavy atom. The smallest absolute Gasteiger partial charge is 0.275 e. The van der Waals surface area contributed by atoms with E-state index < -0.39 is 21.5 Å². The molecule has 9 heteroatoms. The summed E-state index contributed by atoms with van der Waals surface area (Å²) in [6.07, 6.45) is 2.07. The average molecular weight is 294 g/mol. The van der Waals surface area contributed by atoms with Crippen molar-refractivity contribution >= 4 is 21.6 Å². The van der Waals surface area contributed by atoms with E-state index in [1.807, 2.05) is 0 Å². The lowest BCUT2D eigenvalue weighted by Crippen LogP contribution is -2.20. The Balaban J connectivity index is 2.33. The highest BCUT2D eigenvalue weighted by Crippen LogP contribution is 2.19. The number of nitrogens with zero attached hydrogens (tertiary/aromatic N) is 1. The molecule has 0 fully saturated rings. The highest BCUT2D eigenvalue weighted by molar-refractivity contribution is 7.89. The fourth-order valence-electron chi connectivity index (χ4n) is 1.47. The third-order valence-electron chi connectivity index (χ3n) is 2.35. The van der Waals surface area contributed by atoms with Crippen LogP contribution in [0.15, 0.2) is 46.3 Å². The summed E-state index contributed by atoms with van der Waals surface area (Å²) in [5, 5.41) is 7.42. The summed E-state index contributed by atoms with van der Waals surface area (Å²) < 4.78 is 22.8. The SMILES string of the molecule is NS(=O)(=O)c1ccccc1NC(=O)c1c[nH]c(=O)cn1. The minimum Gasteiger partial charge on any atom is -0.325 e. The number of nitrogens with one attached hydrogen (secondary N) is 2. The molecule has 1 aromatic heterocycles. The van der Waals surface area contributed by atoms with Crippen LogP contribution in [0.5, 0.6) is 0 Å². The average Bonchev–Trinajstić information content (AvgIpc) is 2.38. The van der Waals surface area contributed by atoms with Crippen molar-refractivity contribution in [2.24, 2.45) is 5.14 Å². The van der Waals surface area contributed by atoms with E-state index in [9.17, 15) is 18.0 Å². The number of aromatic amines is 1. The van der Waals surface area contributed by atoms with Crippen molar-refractivity contribution in [2.75, 3.05) is 5.32 Å². The summed E-state index contributed by atoms with van der Waals surface area (Å²) in [5.41, 5.74) is -0.478. The molecule has 104 valence electrons. The third-order valence-corrected chi connectivity index (χ3v) is 3.32. The van der Waals surface area contributed by atoms with Crippen LogP contribution in [0, 0.1) is 0 Å². The lowest BCUT2D eigenvalue weighted by atomic mass is 10.3. The van der Waals surface area contributed by atoms with Crippen LogP contribution in [0.1, 0.15) is 10.5 Å². The number of aromatic nitrogens is 2. The van der Waals surface area contributed by atoms with Crippen LogP contribution in [0.4, 0.5) is 5.69 Å². The van der Waals surface area contributed by atoms with Gasteiger partial charge >= 0.3 is 0 Å². The number of para-hydroxylation sites is 1. The van der Waals surface area contributed by atoms with Gasteiger partial charge < -0.3 is 10.3 Å². The zero-order chi connectivity index (χ0) is 14.8. The van der Waals surface area contributed by atoms with E-state index in [-0.39, 0.29) is 16.3 Å². The van der Waals surface area contributed by atoms with Crippen molar-refractivity contribution in [1.29, 1.82) is 0 Å². The predicted octanol–water partition coefficient (Wildman–Crippen LogP) is -0.330. The first-order valence-electron chi connectivity index (χ1n) is 5.36. The molecule has 0 saturated heterocycles. The van der Waals surface area contributed by atoms with Gasteiger partial charge in [-0.25, -0.2) is 18.5 Å². The zero-order valence-electron chi connectivity index (χ0n) is 10.0. The Morgan fingerprint density at radius 2 is 2.00 bits per heavy atom. The summed E-state index contributed by atoms with van der Waals surface area (Å²) in [4.78, 5) is 28.4. The highest BCUT2D eigenvalue weighted by atomic mass is 32.2. The first-order chi connectivity index (χ1) is 9.38. The highest BCUT2D eigenvalue weighted by Gasteiger charge is 2.16. The molecule has 1 amide bonds. The van der Waals surface area contributed by atoms with Crippen molar-refractivity contribution in [3.63, 3.8) is 0 Å². The number of benzene rings is 1. The molecule has 0 radical (unpaired) electrons. The first-order valence-corrected chi connectivity index (χ1v) is 6.90. The van der Waals surface area contributed by atoms with Crippen molar-refractivity contribution in [3.05, 3.63) is 52.7 Å². The van der Waals surface area contributed by atoms with Gasteiger partial charge in [0.15, 0.2) is 0 Å². The Labute approximate surface area is 113 Å². The molecule has 0 aliphatic carbocycles. The molecule has 1 heterocycles. The molecule has 0 bridgehead atoms. The Morgan fingerprint density at radius 1 is 1.30 bits per heavy atom. The van der Waals surface area contributed by atoms with Crippen LogP contribution in [-0.4, -0.2) is 24.3 Å². The number of primary sulfonamides is 1. The number of hydrogen-bond donors (Lipinski definition) is 3. The standard InChI is InChI=1S/C11H10N4O4S/c12-20(18,19)9-4-2-1-3-7(9)15-11(17)8-5-14-10(16)6-13-8/h1-6H,(H,14,16)(H,15,17)(H2,12,18,19). The van der Waals surface area contributed by atoms with Gasteiger partial charge in [-0.1, -0.05) is 12.1 Å². The third kappa shape index (κ3) is 3.08. The number of nitrogens with two attached hydrogens (primary N) is 1. The molecule has 2 aromatic rings. The summed E-state index contributed by atoms with van der Waals surface area (Å²) in [7, 11) is -3.96. The molecule has 0 aliphatic heterocycles. The lowest BCUT2D eigenvalue weighted by Gasteiger charge is -2.08. The van der Waals surface area contributed by atoms with Crippen LogP contribution in [0.3, 0.4) is 0 Å². The number of hydrogen-bond acceptors (Lipinski definition) is 5. The molecule has 0 spiro atoms. The predicted molar refractivity (Wildman–Crippen MR) is 70.6 cm³/mol. The number of H-pyrrole nitrogens is 1. The van der Waals surface area contributed by atoms with Gasteiger partial charge in [0, 0.05) is 6.20 Å². The number of amides is 1. The molecular formula is C11H10N4O4S. The molecule has 8 nitrogen and oxygen atoms in total. The van der Waals surface area contributed by atoms with Crippen LogP contribution in [0.2, 0.25) is 0 Å². The van der Waals surface area contributed by atoms with E-state index in [1.54, 1.807) is 6.07 Å². The summed E-state index contributed by atoms with van der Waals surface area (Å²) in [5.74, 6) is -0.669. The number of rotatable bonds is 3. The van der Waals surface area contributed by atoms with Crippen LogP contribution >= 0.6 is 0 Å². The normalized spacial score (nSPS) is 11.1. The minimum atomic E-state index is -3.96. The van der Waals surface area contributed by atoms with Crippen molar-refractivity contribution in [3.8, 4) is 0 Å². The Kier molecular flexibility index (Phi) is 3.63. The van der Waals surface area contributed by atoms with E-state index >= 15 is 0 Å².